The molecule has 1 N–H and O–H groups in total. The molecule has 0 spiro atoms. The van der Waals surface area contributed by atoms with Crippen LogP contribution >= 0.6 is 0 Å². The van der Waals surface area contributed by atoms with E-state index in [9.17, 15) is 4.79 Å². The summed E-state index contributed by atoms with van der Waals surface area (Å²) in [7, 11) is 5.72. The number of ether oxygens (including phenoxy) is 1. The Morgan fingerprint density at radius 2 is 1.97 bits per heavy atom. The molecule has 0 aromatic heterocycles. The van der Waals surface area contributed by atoms with Gasteiger partial charge in [0.25, 0.3) is 0 Å². The van der Waals surface area contributed by atoms with Crippen LogP contribution in [0.2, 0.25) is 0 Å². The van der Waals surface area contributed by atoms with E-state index in [0.29, 0.717) is 19.6 Å². The lowest BCUT2D eigenvalue weighted by Crippen LogP contribution is -2.39. The van der Waals surface area contributed by atoms with Crippen LogP contribution in [0.1, 0.15) is 23.6 Å². The standard InChI is InChI=1S/C25H36N4O2/c1-5-28-13-12-21-9-7-11-24(23(21)19-28)26-17-25(30)29(15-14-27(2)3)18-20-8-6-10-22(16-20)31-4/h6-11,16,26H,5,12-15,17-19H2,1-4H3. The van der Waals surface area contributed by atoms with E-state index in [1.54, 1.807) is 7.11 Å². The second kappa shape index (κ2) is 11.2. The van der Waals surface area contributed by atoms with Gasteiger partial charge in [-0.05, 0) is 62.0 Å². The second-order valence-corrected chi connectivity index (χ2v) is 8.39. The molecule has 1 aliphatic rings. The van der Waals surface area contributed by atoms with E-state index in [-0.39, 0.29) is 5.91 Å². The molecule has 0 fully saturated rings. The number of hydrogen-bond donors (Lipinski definition) is 1. The second-order valence-electron chi connectivity index (χ2n) is 8.39. The zero-order valence-electron chi connectivity index (χ0n) is 19.4. The lowest BCUT2D eigenvalue weighted by atomic mass is 9.98. The molecule has 0 bridgehead atoms. The predicted molar refractivity (Wildman–Crippen MR) is 127 cm³/mol. The van der Waals surface area contributed by atoms with Crippen molar-refractivity contribution < 1.29 is 9.53 Å². The van der Waals surface area contributed by atoms with Crippen molar-refractivity contribution in [2.75, 3.05) is 59.2 Å². The molecule has 31 heavy (non-hydrogen) atoms. The third-order valence-corrected chi connectivity index (χ3v) is 5.91. The van der Waals surface area contributed by atoms with E-state index in [1.165, 1.54) is 11.1 Å². The Morgan fingerprint density at radius 1 is 1.16 bits per heavy atom. The summed E-state index contributed by atoms with van der Waals surface area (Å²) in [5.41, 5.74) is 4.87. The first kappa shape index (κ1) is 23.1. The zero-order chi connectivity index (χ0) is 22.2. The fourth-order valence-corrected chi connectivity index (χ4v) is 3.96. The number of nitrogens with zero attached hydrogens (tertiary/aromatic N) is 3. The van der Waals surface area contributed by atoms with E-state index in [4.69, 9.17) is 4.74 Å². The van der Waals surface area contributed by atoms with E-state index in [2.05, 4.69) is 40.2 Å². The maximum absolute atomic E-state index is 13.2. The lowest BCUT2D eigenvalue weighted by Gasteiger charge is -2.30. The van der Waals surface area contributed by atoms with Gasteiger partial charge in [-0.2, -0.15) is 0 Å². The fourth-order valence-electron chi connectivity index (χ4n) is 3.96. The molecular weight excluding hydrogens is 388 g/mol. The minimum atomic E-state index is 0.102. The topological polar surface area (TPSA) is 48.1 Å². The van der Waals surface area contributed by atoms with Crippen LogP contribution in [0.25, 0.3) is 0 Å². The Balaban J connectivity index is 1.69. The SMILES string of the molecule is CCN1CCc2cccc(NCC(=O)N(CCN(C)C)Cc3cccc(OC)c3)c2C1. The average molecular weight is 425 g/mol. The van der Waals surface area contributed by atoms with E-state index < -0.39 is 0 Å². The molecule has 0 unspecified atom stereocenters. The normalized spacial score (nSPS) is 13.7. The molecule has 168 valence electrons. The van der Waals surface area contributed by atoms with Crippen molar-refractivity contribution in [2.45, 2.75) is 26.4 Å². The van der Waals surface area contributed by atoms with E-state index in [1.807, 2.05) is 43.3 Å². The van der Waals surface area contributed by atoms with Crippen LogP contribution < -0.4 is 10.1 Å². The Morgan fingerprint density at radius 3 is 2.71 bits per heavy atom. The molecule has 2 aromatic carbocycles. The number of carbonyl (C=O) groups is 1. The average Bonchev–Trinajstić information content (AvgIpc) is 2.79. The Labute approximate surface area is 186 Å². The number of carbonyl (C=O) groups excluding carboxylic acids is 1. The monoisotopic (exact) mass is 424 g/mol. The van der Waals surface area contributed by atoms with Crippen LogP contribution in [-0.2, 0) is 24.3 Å². The first-order valence-electron chi connectivity index (χ1n) is 11.1. The summed E-state index contributed by atoms with van der Waals surface area (Å²) in [5.74, 6) is 0.914. The van der Waals surface area contributed by atoms with Crippen LogP contribution in [0.5, 0.6) is 5.75 Å². The smallest absolute Gasteiger partial charge is 0.242 e. The minimum absolute atomic E-state index is 0.102. The summed E-state index contributed by atoms with van der Waals surface area (Å²) in [6.45, 7) is 7.66. The molecule has 0 saturated heterocycles. The van der Waals surface area contributed by atoms with Crippen molar-refractivity contribution >= 4 is 11.6 Å². The molecule has 0 aliphatic carbocycles. The van der Waals surface area contributed by atoms with Crippen molar-refractivity contribution in [2.24, 2.45) is 0 Å². The molecule has 1 amide bonds. The Kier molecular flexibility index (Phi) is 8.32. The first-order valence-corrected chi connectivity index (χ1v) is 11.1. The summed E-state index contributed by atoms with van der Waals surface area (Å²) in [6, 6.07) is 14.3. The van der Waals surface area contributed by atoms with Crippen molar-refractivity contribution in [3.8, 4) is 5.75 Å². The summed E-state index contributed by atoms with van der Waals surface area (Å²) >= 11 is 0. The molecule has 0 atom stereocenters. The molecule has 1 aliphatic heterocycles. The number of methoxy groups -OCH3 is 1. The van der Waals surface area contributed by atoms with Crippen LogP contribution in [0.4, 0.5) is 5.69 Å². The highest BCUT2D eigenvalue weighted by molar-refractivity contribution is 5.81. The molecule has 6 heteroatoms. The number of fused-ring (bicyclic) bond motifs is 1. The predicted octanol–water partition coefficient (Wildman–Crippen LogP) is 3.08. The van der Waals surface area contributed by atoms with Crippen LogP contribution in [0, 0.1) is 0 Å². The maximum Gasteiger partial charge on any atom is 0.242 e. The Bertz CT molecular complexity index is 868. The van der Waals surface area contributed by atoms with Crippen molar-refractivity contribution in [3.63, 3.8) is 0 Å². The number of hydrogen-bond acceptors (Lipinski definition) is 5. The summed E-state index contributed by atoms with van der Waals surface area (Å²) in [5, 5.41) is 3.44. The molecule has 1 heterocycles. The van der Waals surface area contributed by atoms with Gasteiger partial charge < -0.3 is 19.9 Å². The highest BCUT2D eigenvalue weighted by atomic mass is 16.5. The minimum Gasteiger partial charge on any atom is -0.497 e. The first-order chi connectivity index (χ1) is 15.0. The van der Waals surface area contributed by atoms with Crippen molar-refractivity contribution in [3.05, 3.63) is 59.2 Å². The summed E-state index contributed by atoms with van der Waals surface area (Å²) in [4.78, 5) is 19.7. The van der Waals surface area contributed by atoms with Gasteiger partial charge in [0.15, 0.2) is 0 Å². The van der Waals surface area contributed by atoms with Crippen molar-refractivity contribution in [1.29, 1.82) is 0 Å². The summed E-state index contributed by atoms with van der Waals surface area (Å²) < 4.78 is 5.34. The van der Waals surface area contributed by atoms with Gasteiger partial charge in [-0.15, -0.1) is 0 Å². The van der Waals surface area contributed by atoms with Gasteiger partial charge >= 0.3 is 0 Å². The third kappa shape index (κ3) is 6.45. The largest absolute Gasteiger partial charge is 0.497 e. The van der Waals surface area contributed by atoms with Crippen LogP contribution in [-0.4, -0.2) is 74.5 Å². The van der Waals surface area contributed by atoms with Gasteiger partial charge in [0.1, 0.15) is 5.75 Å². The zero-order valence-corrected chi connectivity index (χ0v) is 19.4. The highest BCUT2D eigenvalue weighted by Gasteiger charge is 2.19. The lowest BCUT2D eigenvalue weighted by molar-refractivity contribution is -0.130. The molecule has 3 rings (SSSR count). The molecule has 0 saturated carbocycles. The summed E-state index contributed by atoms with van der Waals surface area (Å²) in [6.07, 6.45) is 1.07. The van der Waals surface area contributed by atoms with E-state index >= 15 is 0 Å². The molecule has 6 nitrogen and oxygen atoms in total. The number of likely N-dealkylation sites (N-methyl/N-ethyl adjacent to an activating group) is 2. The highest BCUT2D eigenvalue weighted by Crippen LogP contribution is 2.26. The van der Waals surface area contributed by atoms with E-state index in [0.717, 1.165) is 49.6 Å². The Hall–Kier alpha value is -2.57. The van der Waals surface area contributed by atoms with Gasteiger partial charge in [-0.3, -0.25) is 9.69 Å². The third-order valence-electron chi connectivity index (χ3n) is 5.91. The van der Waals surface area contributed by atoms with Crippen LogP contribution in [0.3, 0.4) is 0 Å². The number of benzene rings is 2. The van der Waals surface area contributed by atoms with Gasteiger partial charge in [0.05, 0.1) is 13.7 Å². The van der Waals surface area contributed by atoms with Gasteiger partial charge in [0, 0.05) is 38.4 Å². The molecular formula is C25H36N4O2. The number of nitrogens with one attached hydrogen (secondary N) is 1. The van der Waals surface area contributed by atoms with Gasteiger partial charge in [-0.25, -0.2) is 0 Å². The van der Waals surface area contributed by atoms with Crippen molar-refractivity contribution in [1.82, 2.24) is 14.7 Å². The molecule has 0 radical (unpaired) electrons. The number of amides is 1. The van der Waals surface area contributed by atoms with Gasteiger partial charge in [0.2, 0.25) is 5.91 Å². The quantitative estimate of drug-likeness (QED) is 0.635. The fraction of sp³-hybridized carbons (Fsp3) is 0.480. The van der Waals surface area contributed by atoms with Gasteiger partial charge in [-0.1, -0.05) is 31.2 Å². The number of anilines is 1. The number of rotatable bonds is 10. The van der Waals surface area contributed by atoms with Crippen LogP contribution in [0.15, 0.2) is 42.5 Å². The molecule has 2 aromatic rings. The maximum atomic E-state index is 13.2.